The van der Waals surface area contributed by atoms with Gasteiger partial charge >= 0.3 is 6.03 Å². The lowest BCUT2D eigenvalue weighted by atomic mass is 10.0. The average Bonchev–Trinajstić information content (AvgIpc) is 3.02. The van der Waals surface area contributed by atoms with E-state index in [4.69, 9.17) is 5.11 Å². The number of hydrogen-bond donors (Lipinski definition) is 3. The predicted octanol–water partition coefficient (Wildman–Crippen LogP) is 2.36. The molecule has 0 saturated heterocycles. The van der Waals surface area contributed by atoms with Crippen LogP contribution < -0.4 is 10.6 Å². The van der Waals surface area contributed by atoms with Crippen LogP contribution in [-0.4, -0.2) is 32.3 Å². The minimum absolute atomic E-state index is 0.0848. The van der Waals surface area contributed by atoms with Gasteiger partial charge in [-0.15, -0.1) is 10.2 Å². The fraction of sp³-hybridized carbons (Fsp3) is 0.235. The third kappa shape index (κ3) is 3.69. The first-order chi connectivity index (χ1) is 11.8. The number of anilines is 1. The second-order valence-electron chi connectivity index (χ2n) is 5.38. The van der Waals surface area contributed by atoms with Gasteiger partial charge in [0.05, 0.1) is 6.04 Å². The lowest BCUT2D eigenvalue weighted by Crippen LogP contribution is -2.33. The van der Waals surface area contributed by atoms with Gasteiger partial charge in [-0.2, -0.15) is 0 Å². The van der Waals surface area contributed by atoms with Crippen LogP contribution in [0.15, 0.2) is 54.7 Å². The Hall–Kier alpha value is -2.93. The van der Waals surface area contributed by atoms with E-state index < -0.39 is 0 Å². The highest BCUT2D eigenvalue weighted by Crippen LogP contribution is 2.18. The summed E-state index contributed by atoms with van der Waals surface area (Å²) in [7, 11) is 0. The Morgan fingerprint density at radius 3 is 2.71 bits per heavy atom. The van der Waals surface area contributed by atoms with E-state index in [0.29, 0.717) is 24.4 Å². The first kappa shape index (κ1) is 15.9. The molecule has 0 radical (unpaired) electrons. The van der Waals surface area contributed by atoms with Gasteiger partial charge < -0.3 is 10.4 Å². The summed E-state index contributed by atoms with van der Waals surface area (Å²) < 4.78 is 1.70. The number of amides is 2. The van der Waals surface area contributed by atoms with Crippen LogP contribution in [-0.2, 0) is 0 Å². The van der Waals surface area contributed by atoms with Gasteiger partial charge in [-0.25, -0.2) is 4.79 Å². The molecule has 2 heterocycles. The average molecular weight is 325 g/mol. The van der Waals surface area contributed by atoms with E-state index in [-0.39, 0.29) is 18.7 Å². The highest BCUT2D eigenvalue weighted by Gasteiger charge is 2.15. The molecule has 0 aliphatic heterocycles. The number of nitrogens with one attached hydrogen (secondary N) is 2. The van der Waals surface area contributed by atoms with E-state index in [1.807, 2.05) is 48.5 Å². The number of aliphatic hydroxyl groups is 1. The number of rotatable bonds is 6. The van der Waals surface area contributed by atoms with Crippen molar-refractivity contribution >= 4 is 17.6 Å². The number of fused-ring (bicyclic) bond motifs is 1. The van der Waals surface area contributed by atoms with E-state index in [9.17, 15) is 4.79 Å². The van der Waals surface area contributed by atoms with Crippen LogP contribution in [0.1, 0.15) is 24.4 Å². The number of benzene rings is 1. The van der Waals surface area contributed by atoms with Crippen LogP contribution >= 0.6 is 0 Å². The zero-order chi connectivity index (χ0) is 16.8. The van der Waals surface area contributed by atoms with Crippen LogP contribution in [0.25, 0.3) is 5.65 Å². The van der Waals surface area contributed by atoms with E-state index >= 15 is 0 Å². The van der Waals surface area contributed by atoms with Crippen molar-refractivity contribution in [3.63, 3.8) is 0 Å². The van der Waals surface area contributed by atoms with Crippen LogP contribution in [0.2, 0.25) is 0 Å². The molecule has 7 heteroatoms. The van der Waals surface area contributed by atoms with Gasteiger partial charge in [0.1, 0.15) is 0 Å². The van der Waals surface area contributed by atoms with Crippen molar-refractivity contribution in [2.45, 2.75) is 18.9 Å². The predicted molar refractivity (Wildman–Crippen MR) is 90.6 cm³/mol. The largest absolute Gasteiger partial charge is 0.396 e. The highest BCUT2D eigenvalue weighted by atomic mass is 16.3. The van der Waals surface area contributed by atoms with Crippen LogP contribution in [0, 0.1) is 0 Å². The molecule has 0 fully saturated rings. The standard InChI is InChI=1S/C17H19N5O2/c23-12-6-9-14(13-7-2-1-3-8-13)18-17(24)19-16-21-20-15-10-4-5-11-22(15)16/h1-5,7-8,10-11,14,23H,6,9,12H2,(H2,18,19,21,24). The zero-order valence-electron chi connectivity index (χ0n) is 13.1. The van der Waals surface area contributed by atoms with Gasteiger partial charge in [-0.3, -0.25) is 9.72 Å². The summed E-state index contributed by atoms with van der Waals surface area (Å²) in [4.78, 5) is 12.3. The molecular formula is C17H19N5O2. The second-order valence-corrected chi connectivity index (χ2v) is 5.38. The van der Waals surface area contributed by atoms with Gasteiger partial charge in [0.15, 0.2) is 5.65 Å². The Morgan fingerprint density at radius 1 is 1.12 bits per heavy atom. The van der Waals surface area contributed by atoms with Crippen molar-refractivity contribution in [2.24, 2.45) is 0 Å². The Labute approximate surface area is 139 Å². The normalized spacial score (nSPS) is 12.0. The highest BCUT2D eigenvalue weighted by molar-refractivity contribution is 5.88. The molecule has 7 nitrogen and oxygen atoms in total. The molecule has 24 heavy (non-hydrogen) atoms. The van der Waals surface area contributed by atoms with E-state index in [0.717, 1.165) is 5.56 Å². The molecule has 3 aromatic rings. The molecule has 1 atom stereocenters. The molecule has 2 amide bonds. The summed E-state index contributed by atoms with van der Waals surface area (Å²) in [5.41, 5.74) is 1.65. The topological polar surface area (TPSA) is 91.6 Å². The van der Waals surface area contributed by atoms with Gasteiger partial charge in [-0.1, -0.05) is 36.4 Å². The molecule has 1 unspecified atom stereocenters. The molecule has 0 aliphatic carbocycles. The fourth-order valence-corrected chi connectivity index (χ4v) is 2.53. The van der Waals surface area contributed by atoms with Gasteiger partial charge in [0, 0.05) is 12.8 Å². The monoisotopic (exact) mass is 325 g/mol. The summed E-state index contributed by atoms with van der Waals surface area (Å²) in [6.07, 6.45) is 3.04. The summed E-state index contributed by atoms with van der Waals surface area (Å²) in [6.45, 7) is 0.0848. The van der Waals surface area contributed by atoms with E-state index in [2.05, 4.69) is 20.8 Å². The second kappa shape index (κ2) is 7.56. The third-order valence-electron chi connectivity index (χ3n) is 3.70. The Balaban J connectivity index is 1.71. The summed E-state index contributed by atoms with van der Waals surface area (Å²) >= 11 is 0. The number of nitrogens with zero attached hydrogens (tertiary/aromatic N) is 3. The molecule has 3 rings (SSSR count). The Morgan fingerprint density at radius 2 is 1.92 bits per heavy atom. The molecule has 124 valence electrons. The maximum absolute atomic E-state index is 12.3. The molecular weight excluding hydrogens is 306 g/mol. The maximum Gasteiger partial charge on any atom is 0.322 e. The van der Waals surface area contributed by atoms with Crippen LogP contribution in [0.5, 0.6) is 0 Å². The van der Waals surface area contributed by atoms with Gasteiger partial charge in [-0.05, 0) is 30.5 Å². The van der Waals surface area contributed by atoms with Crippen molar-refractivity contribution in [3.05, 3.63) is 60.3 Å². The number of carbonyl (C=O) groups is 1. The first-order valence-electron chi connectivity index (χ1n) is 7.81. The third-order valence-corrected chi connectivity index (χ3v) is 3.70. The van der Waals surface area contributed by atoms with Gasteiger partial charge in [0.25, 0.3) is 0 Å². The maximum atomic E-state index is 12.3. The molecule has 2 aromatic heterocycles. The smallest absolute Gasteiger partial charge is 0.322 e. The number of aliphatic hydroxyl groups excluding tert-OH is 1. The van der Waals surface area contributed by atoms with Crippen molar-refractivity contribution in [2.75, 3.05) is 11.9 Å². The lowest BCUT2D eigenvalue weighted by molar-refractivity contribution is 0.243. The molecule has 1 aromatic carbocycles. The number of hydrogen-bond acceptors (Lipinski definition) is 4. The van der Waals surface area contributed by atoms with Gasteiger partial charge in [0.2, 0.25) is 5.95 Å². The minimum Gasteiger partial charge on any atom is -0.396 e. The summed E-state index contributed by atoms with van der Waals surface area (Å²) in [5, 5.41) is 22.7. The van der Waals surface area contributed by atoms with E-state index in [1.165, 1.54) is 0 Å². The van der Waals surface area contributed by atoms with Crippen LogP contribution in [0.3, 0.4) is 0 Å². The lowest BCUT2D eigenvalue weighted by Gasteiger charge is -2.19. The number of carbonyl (C=O) groups excluding carboxylic acids is 1. The van der Waals surface area contributed by atoms with Crippen molar-refractivity contribution in [1.29, 1.82) is 0 Å². The Bertz CT molecular complexity index is 803. The number of pyridine rings is 1. The fourth-order valence-electron chi connectivity index (χ4n) is 2.53. The quantitative estimate of drug-likeness (QED) is 0.649. The first-order valence-corrected chi connectivity index (χ1v) is 7.81. The van der Waals surface area contributed by atoms with E-state index in [1.54, 1.807) is 10.6 Å². The number of aromatic nitrogens is 3. The van der Waals surface area contributed by atoms with Crippen molar-refractivity contribution < 1.29 is 9.90 Å². The SMILES string of the molecule is O=C(Nc1nnc2ccccn12)NC(CCCO)c1ccccc1. The number of urea groups is 1. The summed E-state index contributed by atoms with van der Waals surface area (Å²) in [5.74, 6) is 0.358. The van der Waals surface area contributed by atoms with Crippen LogP contribution in [0.4, 0.5) is 10.7 Å². The molecule has 0 spiro atoms. The molecule has 0 bridgehead atoms. The molecule has 0 aliphatic rings. The minimum atomic E-state index is -0.361. The molecule has 3 N–H and O–H groups in total. The van der Waals surface area contributed by atoms with Crippen molar-refractivity contribution in [1.82, 2.24) is 19.9 Å². The zero-order valence-corrected chi connectivity index (χ0v) is 13.1. The van der Waals surface area contributed by atoms with Crippen molar-refractivity contribution in [3.8, 4) is 0 Å². The Kier molecular flexibility index (Phi) is 5.02. The summed E-state index contributed by atoms with van der Waals surface area (Å²) in [6, 6.07) is 14.6. The molecule has 0 saturated carbocycles.